The number of aromatic hydroxyl groups is 1. The molecule has 4 aliphatic carbocycles. The number of hydrazone groups is 1. The predicted molar refractivity (Wildman–Crippen MR) is 114 cm³/mol. The second kappa shape index (κ2) is 6.72. The van der Waals surface area contributed by atoms with Crippen LogP contribution in [0.3, 0.4) is 0 Å². The zero-order valence-corrected chi connectivity index (χ0v) is 16.9. The van der Waals surface area contributed by atoms with Crippen LogP contribution in [0.15, 0.2) is 53.6 Å². The van der Waals surface area contributed by atoms with E-state index in [2.05, 4.69) is 41.7 Å². The summed E-state index contributed by atoms with van der Waals surface area (Å²) in [6, 6.07) is 16.0. The molecule has 4 bridgehead atoms. The highest BCUT2D eigenvalue weighted by atomic mass is 16.3. The van der Waals surface area contributed by atoms with Gasteiger partial charge in [0.05, 0.1) is 11.6 Å². The maximum Gasteiger partial charge on any atom is 0.246 e. The lowest BCUT2D eigenvalue weighted by Gasteiger charge is -2.61. The van der Waals surface area contributed by atoms with E-state index in [1.165, 1.54) is 36.6 Å². The molecule has 4 heteroatoms. The molecule has 2 unspecified atom stereocenters. The third-order valence-corrected chi connectivity index (χ3v) is 7.51. The number of phenolic OH excluding ortho intramolecular Hbond substituents is 1. The zero-order valence-electron chi connectivity index (χ0n) is 16.9. The van der Waals surface area contributed by atoms with Crippen molar-refractivity contribution in [2.24, 2.45) is 22.4 Å². The normalized spacial score (nSPS) is 32.6. The molecule has 0 spiro atoms. The Balaban J connectivity index is 1.39. The third-order valence-electron chi connectivity index (χ3n) is 7.51. The van der Waals surface area contributed by atoms with Crippen molar-refractivity contribution < 1.29 is 9.90 Å². The first-order valence-electron chi connectivity index (χ1n) is 10.7. The van der Waals surface area contributed by atoms with E-state index in [1.54, 1.807) is 18.2 Å². The Bertz CT molecular complexity index is 949. The van der Waals surface area contributed by atoms with Gasteiger partial charge in [-0.05, 0) is 80.4 Å². The molecule has 0 aliphatic heterocycles. The van der Waals surface area contributed by atoms with Gasteiger partial charge in [-0.3, -0.25) is 4.79 Å². The molecule has 2 aromatic carbocycles. The van der Waals surface area contributed by atoms with Gasteiger partial charge in [0, 0.05) is 5.56 Å². The average Bonchev–Trinajstić information content (AvgIpc) is 2.69. The minimum atomic E-state index is -0.314. The Hall–Kier alpha value is -2.62. The topological polar surface area (TPSA) is 61.7 Å². The van der Waals surface area contributed by atoms with Crippen LogP contribution in [0, 0.1) is 24.2 Å². The number of nitrogens with zero attached hydrogens (tertiary/aromatic N) is 1. The third kappa shape index (κ3) is 3.15. The van der Waals surface area contributed by atoms with Crippen molar-refractivity contribution in [3.05, 3.63) is 65.2 Å². The van der Waals surface area contributed by atoms with Crippen molar-refractivity contribution in [2.75, 3.05) is 0 Å². The van der Waals surface area contributed by atoms with E-state index in [1.807, 2.05) is 6.07 Å². The Kier molecular flexibility index (Phi) is 4.27. The molecule has 0 saturated heterocycles. The Morgan fingerprint density at radius 1 is 1.07 bits per heavy atom. The summed E-state index contributed by atoms with van der Waals surface area (Å²) >= 11 is 0. The van der Waals surface area contributed by atoms with E-state index in [-0.39, 0.29) is 22.5 Å². The van der Waals surface area contributed by atoms with Crippen LogP contribution in [-0.4, -0.2) is 17.2 Å². The summed E-state index contributed by atoms with van der Waals surface area (Å²) in [4.78, 5) is 13.3. The minimum Gasteiger partial charge on any atom is -0.507 e. The average molecular weight is 389 g/mol. The summed E-state index contributed by atoms with van der Waals surface area (Å²) in [5.74, 6) is 1.48. The number of rotatable bonds is 4. The Morgan fingerprint density at radius 2 is 1.76 bits per heavy atom. The van der Waals surface area contributed by atoms with Gasteiger partial charge in [-0.2, -0.15) is 5.10 Å². The van der Waals surface area contributed by atoms with Gasteiger partial charge >= 0.3 is 0 Å². The van der Waals surface area contributed by atoms with Crippen LogP contribution in [0.4, 0.5) is 0 Å². The van der Waals surface area contributed by atoms with Gasteiger partial charge in [-0.1, -0.05) is 42.0 Å². The maximum absolute atomic E-state index is 13.3. The van der Waals surface area contributed by atoms with Crippen LogP contribution < -0.4 is 5.43 Å². The molecule has 4 saturated carbocycles. The molecule has 4 nitrogen and oxygen atoms in total. The van der Waals surface area contributed by atoms with Crippen LogP contribution in [0.2, 0.25) is 0 Å². The molecule has 6 rings (SSSR count). The maximum atomic E-state index is 13.3. The van der Waals surface area contributed by atoms with Crippen LogP contribution in [-0.2, 0) is 10.2 Å². The van der Waals surface area contributed by atoms with Gasteiger partial charge in [0.15, 0.2) is 0 Å². The molecule has 4 fully saturated rings. The quantitative estimate of drug-likeness (QED) is 0.590. The van der Waals surface area contributed by atoms with Crippen molar-refractivity contribution in [1.29, 1.82) is 0 Å². The molecule has 0 heterocycles. The summed E-state index contributed by atoms with van der Waals surface area (Å²) < 4.78 is 0. The number of para-hydroxylation sites is 1. The second-order valence-corrected chi connectivity index (χ2v) is 9.65. The largest absolute Gasteiger partial charge is 0.507 e. The molecule has 29 heavy (non-hydrogen) atoms. The van der Waals surface area contributed by atoms with Crippen molar-refractivity contribution in [1.82, 2.24) is 5.43 Å². The van der Waals surface area contributed by atoms with Gasteiger partial charge in [0.1, 0.15) is 5.75 Å². The fourth-order valence-corrected chi connectivity index (χ4v) is 6.65. The summed E-state index contributed by atoms with van der Waals surface area (Å²) in [6.07, 6.45) is 8.11. The van der Waals surface area contributed by atoms with Gasteiger partial charge in [-0.15, -0.1) is 0 Å². The lowest BCUT2D eigenvalue weighted by Crippen LogP contribution is -2.58. The van der Waals surface area contributed by atoms with Crippen LogP contribution in [0.25, 0.3) is 0 Å². The van der Waals surface area contributed by atoms with Crippen LogP contribution in [0.5, 0.6) is 5.75 Å². The highest BCUT2D eigenvalue weighted by molar-refractivity contribution is 5.87. The summed E-state index contributed by atoms with van der Waals surface area (Å²) in [5, 5.41) is 14.1. The lowest BCUT2D eigenvalue weighted by molar-refractivity contribution is -0.149. The number of hydrogen-bond acceptors (Lipinski definition) is 3. The predicted octanol–water partition coefficient (Wildman–Crippen LogP) is 4.69. The molecular formula is C25H28N2O2. The Labute approximate surface area is 172 Å². The van der Waals surface area contributed by atoms with E-state index in [9.17, 15) is 9.90 Å². The van der Waals surface area contributed by atoms with Crippen molar-refractivity contribution >= 4 is 12.1 Å². The van der Waals surface area contributed by atoms with E-state index in [4.69, 9.17) is 0 Å². The number of carbonyl (C=O) groups excluding carboxylic acids is 1. The molecular weight excluding hydrogens is 360 g/mol. The van der Waals surface area contributed by atoms with E-state index < -0.39 is 0 Å². The zero-order chi connectivity index (χ0) is 20.1. The molecule has 2 N–H and O–H groups in total. The van der Waals surface area contributed by atoms with Gasteiger partial charge in [0.25, 0.3) is 0 Å². The number of benzene rings is 2. The number of amides is 1. The SMILES string of the molecule is Cc1ccc(C23CC4CC(CC(C(=O)N/N=C/c5ccccc5O)(C4)C2)C3)cc1. The van der Waals surface area contributed by atoms with Crippen LogP contribution in [0.1, 0.15) is 55.2 Å². The first kappa shape index (κ1) is 18.4. The molecule has 150 valence electrons. The number of carbonyl (C=O) groups is 1. The molecule has 2 atom stereocenters. The summed E-state index contributed by atoms with van der Waals surface area (Å²) in [6.45, 7) is 2.13. The van der Waals surface area contributed by atoms with Crippen molar-refractivity contribution in [3.8, 4) is 5.75 Å². The number of aryl methyl sites for hydroxylation is 1. The van der Waals surface area contributed by atoms with Gasteiger partial charge < -0.3 is 5.11 Å². The first-order valence-corrected chi connectivity index (χ1v) is 10.7. The van der Waals surface area contributed by atoms with Gasteiger partial charge in [0.2, 0.25) is 5.91 Å². The van der Waals surface area contributed by atoms with E-state index in [0.29, 0.717) is 17.4 Å². The fraction of sp³-hybridized carbons (Fsp3) is 0.440. The molecule has 1 amide bonds. The number of nitrogens with one attached hydrogen (secondary N) is 1. The molecule has 0 radical (unpaired) electrons. The highest BCUT2D eigenvalue weighted by Gasteiger charge is 2.60. The Morgan fingerprint density at radius 3 is 2.45 bits per heavy atom. The molecule has 2 aromatic rings. The minimum absolute atomic E-state index is 0.0507. The molecule has 4 aliphatic rings. The first-order chi connectivity index (χ1) is 14.0. The van der Waals surface area contributed by atoms with Crippen LogP contribution >= 0.6 is 0 Å². The second-order valence-electron chi connectivity index (χ2n) is 9.65. The lowest BCUT2D eigenvalue weighted by atomic mass is 9.42. The van der Waals surface area contributed by atoms with Gasteiger partial charge in [-0.25, -0.2) is 5.43 Å². The standard InChI is InChI=1S/C25H28N2O2/c1-17-6-8-21(9-7-17)24-11-18-10-19(12-24)14-25(13-18,16-24)23(29)27-26-15-20-4-2-3-5-22(20)28/h2-9,15,18-19,28H,10-14,16H2,1H3,(H,27,29)/b26-15+. The molecule has 0 aromatic heterocycles. The highest BCUT2D eigenvalue weighted by Crippen LogP contribution is 2.65. The monoisotopic (exact) mass is 388 g/mol. The smallest absolute Gasteiger partial charge is 0.246 e. The number of hydrogen-bond donors (Lipinski definition) is 2. The summed E-state index contributed by atoms with van der Waals surface area (Å²) in [5.41, 5.74) is 5.93. The number of phenols is 1. The van der Waals surface area contributed by atoms with E-state index >= 15 is 0 Å². The summed E-state index contributed by atoms with van der Waals surface area (Å²) in [7, 11) is 0. The van der Waals surface area contributed by atoms with Crippen molar-refractivity contribution in [3.63, 3.8) is 0 Å². The van der Waals surface area contributed by atoms with Crippen molar-refractivity contribution in [2.45, 2.75) is 50.9 Å². The van der Waals surface area contributed by atoms with E-state index in [0.717, 1.165) is 19.3 Å². The fourth-order valence-electron chi connectivity index (χ4n) is 6.65.